The van der Waals surface area contributed by atoms with Gasteiger partial charge in [0.1, 0.15) is 11.4 Å². The lowest BCUT2D eigenvalue weighted by Gasteiger charge is -2.25. The Morgan fingerprint density at radius 2 is 2.14 bits per heavy atom. The molecule has 7 heteroatoms. The van der Waals surface area contributed by atoms with Crippen molar-refractivity contribution in [1.29, 1.82) is 0 Å². The van der Waals surface area contributed by atoms with Crippen LogP contribution in [0.3, 0.4) is 0 Å². The van der Waals surface area contributed by atoms with Crippen LogP contribution < -0.4 is 15.8 Å². The summed E-state index contributed by atoms with van der Waals surface area (Å²) in [6.45, 7) is 0.253. The molecule has 1 fully saturated rings. The molecule has 0 atom stereocenters. The summed E-state index contributed by atoms with van der Waals surface area (Å²) in [6.07, 6.45) is 3.35. The number of nitrogens with zero attached hydrogens (tertiary/aromatic N) is 1. The number of anilines is 1. The molecule has 21 heavy (non-hydrogen) atoms. The third-order valence-electron chi connectivity index (χ3n) is 4.08. The van der Waals surface area contributed by atoms with Gasteiger partial charge in [0.05, 0.1) is 23.5 Å². The Morgan fingerprint density at radius 1 is 1.48 bits per heavy atom. The summed E-state index contributed by atoms with van der Waals surface area (Å²) in [5.41, 5.74) is 5.13. The predicted octanol–water partition coefficient (Wildman–Crippen LogP) is 2.06. The smallest absolute Gasteiger partial charge is 0.296 e. The highest BCUT2D eigenvalue weighted by molar-refractivity contribution is 5.97. The lowest BCUT2D eigenvalue weighted by molar-refractivity contribution is -0.384. The molecule has 0 aliphatic heterocycles. The molecule has 0 radical (unpaired) electrons. The largest absolute Gasteiger partial charge is 0.496 e. The Hall–Kier alpha value is -2.15. The van der Waals surface area contributed by atoms with Gasteiger partial charge in [-0.3, -0.25) is 14.9 Å². The maximum Gasteiger partial charge on any atom is 0.296 e. The van der Waals surface area contributed by atoms with Gasteiger partial charge in [-0.15, -0.1) is 0 Å². The monoisotopic (exact) mass is 293 g/mol. The number of nitrogens with two attached hydrogens (primary N) is 1. The summed E-state index contributed by atoms with van der Waals surface area (Å²) in [5, 5.41) is 13.8. The van der Waals surface area contributed by atoms with Crippen molar-refractivity contribution in [2.45, 2.75) is 25.7 Å². The molecule has 0 heterocycles. The van der Waals surface area contributed by atoms with Gasteiger partial charge >= 0.3 is 0 Å². The third kappa shape index (κ3) is 2.97. The Morgan fingerprint density at radius 3 is 2.67 bits per heavy atom. The van der Waals surface area contributed by atoms with Gasteiger partial charge in [-0.1, -0.05) is 12.8 Å². The van der Waals surface area contributed by atoms with Gasteiger partial charge in [0.25, 0.3) is 5.69 Å². The maximum absolute atomic E-state index is 12.5. The van der Waals surface area contributed by atoms with E-state index < -0.39 is 10.3 Å². The number of rotatable bonds is 5. The number of benzene rings is 1. The first-order valence-corrected chi connectivity index (χ1v) is 6.86. The number of nitrogens with one attached hydrogen (secondary N) is 1. The number of nitro groups is 1. The van der Waals surface area contributed by atoms with E-state index in [0.29, 0.717) is 5.75 Å². The van der Waals surface area contributed by atoms with Crippen molar-refractivity contribution in [1.82, 2.24) is 0 Å². The number of amides is 1. The van der Waals surface area contributed by atoms with E-state index in [2.05, 4.69) is 5.32 Å². The van der Waals surface area contributed by atoms with Crippen LogP contribution in [0, 0.1) is 15.5 Å². The maximum atomic E-state index is 12.5. The van der Waals surface area contributed by atoms with E-state index >= 15 is 0 Å². The van der Waals surface area contributed by atoms with Gasteiger partial charge in [0, 0.05) is 6.54 Å². The van der Waals surface area contributed by atoms with Crippen LogP contribution >= 0.6 is 0 Å². The minimum absolute atomic E-state index is 0.172. The van der Waals surface area contributed by atoms with Gasteiger partial charge in [0.15, 0.2) is 0 Å². The van der Waals surface area contributed by atoms with Crippen molar-refractivity contribution in [2.75, 3.05) is 19.0 Å². The first-order valence-electron chi connectivity index (χ1n) is 6.86. The highest BCUT2D eigenvalue weighted by atomic mass is 16.6. The first-order chi connectivity index (χ1) is 10.0. The number of carbonyl (C=O) groups excluding carboxylic acids is 1. The minimum Gasteiger partial charge on any atom is -0.496 e. The van der Waals surface area contributed by atoms with Crippen molar-refractivity contribution < 1.29 is 14.5 Å². The summed E-state index contributed by atoms with van der Waals surface area (Å²) in [6, 6.07) is 4.35. The first kappa shape index (κ1) is 15.2. The lowest BCUT2D eigenvalue weighted by Crippen LogP contribution is -2.40. The second-order valence-corrected chi connectivity index (χ2v) is 5.29. The summed E-state index contributed by atoms with van der Waals surface area (Å²) >= 11 is 0. The molecule has 0 saturated heterocycles. The molecule has 1 aliphatic rings. The molecule has 0 bridgehead atoms. The highest BCUT2D eigenvalue weighted by Crippen LogP contribution is 2.39. The molecule has 3 N–H and O–H groups in total. The summed E-state index contributed by atoms with van der Waals surface area (Å²) in [7, 11) is 1.43. The number of methoxy groups -OCH3 is 1. The van der Waals surface area contributed by atoms with Crippen molar-refractivity contribution >= 4 is 17.3 Å². The molecule has 2 rings (SSSR count). The zero-order valence-electron chi connectivity index (χ0n) is 11.9. The topological polar surface area (TPSA) is 107 Å². The van der Waals surface area contributed by atoms with Gasteiger partial charge in [-0.25, -0.2) is 0 Å². The van der Waals surface area contributed by atoms with Gasteiger partial charge in [-0.05, 0) is 25.0 Å². The normalized spacial score (nSPS) is 16.5. The SMILES string of the molecule is COc1ccc(NC(=O)C2(CN)CCCC2)c([N+](=O)[O-])c1. The average molecular weight is 293 g/mol. The van der Waals surface area contributed by atoms with Crippen LogP contribution in [0.2, 0.25) is 0 Å². The fourth-order valence-electron chi connectivity index (χ4n) is 2.73. The zero-order valence-corrected chi connectivity index (χ0v) is 11.9. The number of nitro benzene ring substituents is 1. The van der Waals surface area contributed by atoms with E-state index in [9.17, 15) is 14.9 Å². The standard InChI is InChI=1S/C14H19N3O4/c1-21-10-4-5-11(12(8-10)17(19)20)16-13(18)14(9-15)6-2-3-7-14/h4-5,8H,2-3,6-7,9,15H2,1H3,(H,16,18). The molecular formula is C14H19N3O4. The molecule has 0 spiro atoms. The van der Waals surface area contributed by atoms with Crippen LogP contribution in [0.4, 0.5) is 11.4 Å². The van der Waals surface area contributed by atoms with Crippen molar-refractivity contribution in [2.24, 2.45) is 11.1 Å². The molecule has 114 valence electrons. The fraction of sp³-hybridized carbons (Fsp3) is 0.500. The average Bonchev–Trinajstić information content (AvgIpc) is 2.97. The number of carbonyl (C=O) groups is 1. The molecule has 0 aromatic heterocycles. The Kier molecular flexibility index (Phi) is 4.42. The van der Waals surface area contributed by atoms with Gasteiger partial charge in [0.2, 0.25) is 5.91 Å². The van der Waals surface area contributed by atoms with Crippen LogP contribution in [0.1, 0.15) is 25.7 Å². The van der Waals surface area contributed by atoms with Crippen LogP contribution in [-0.4, -0.2) is 24.5 Å². The fourth-order valence-corrected chi connectivity index (χ4v) is 2.73. The van der Waals surface area contributed by atoms with E-state index in [1.54, 1.807) is 6.07 Å². The number of hydrogen-bond acceptors (Lipinski definition) is 5. The number of ether oxygens (including phenoxy) is 1. The summed E-state index contributed by atoms with van der Waals surface area (Å²) in [5.74, 6) is 0.130. The predicted molar refractivity (Wildman–Crippen MR) is 78.2 cm³/mol. The molecule has 7 nitrogen and oxygen atoms in total. The second-order valence-electron chi connectivity index (χ2n) is 5.29. The van der Waals surface area contributed by atoms with Gasteiger partial charge in [-0.2, -0.15) is 0 Å². The van der Waals surface area contributed by atoms with Crippen molar-refractivity contribution in [3.05, 3.63) is 28.3 Å². The van der Waals surface area contributed by atoms with E-state index in [0.717, 1.165) is 25.7 Å². The quantitative estimate of drug-likeness (QED) is 0.638. The van der Waals surface area contributed by atoms with Crippen LogP contribution in [0.5, 0.6) is 5.75 Å². The Balaban J connectivity index is 2.26. The van der Waals surface area contributed by atoms with Crippen LogP contribution in [-0.2, 0) is 4.79 Å². The minimum atomic E-state index is -0.603. The molecular weight excluding hydrogens is 274 g/mol. The van der Waals surface area contributed by atoms with Crippen molar-refractivity contribution in [3.8, 4) is 5.75 Å². The van der Waals surface area contributed by atoms with Crippen molar-refractivity contribution in [3.63, 3.8) is 0 Å². The van der Waals surface area contributed by atoms with E-state index in [1.807, 2.05) is 0 Å². The molecule has 1 aromatic rings. The zero-order chi connectivity index (χ0) is 15.5. The second kappa shape index (κ2) is 6.09. The molecule has 1 saturated carbocycles. The molecule has 1 aliphatic carbocycles. The highest BCUT2D eigenvalue weighted by Gasteiger charge is 2.40. The van der Waals surface area contributed by atoms with Crippen LogP contribution in [0.25, 0.3) is 0 Å². The van der Waals surface area contributed by atoms with E-state index in [4.69, 9.17) is 10.5 Å². The van der Waals surface area contributed by atoms with E-state index in [1.165, 1.54) is 19.2 Å². The molecule has 1 aromatic carbocycles. The molecule has 1 amide bonds. The lowest BCUT2D eigenvalue weighted by atomic mass is 9.85. The van der Waals surface area contributed by atoms with Crippen LogP contribution in [0.15, 0.2) is 18.2 Å². The van der Waals surface area contributed by atoms with E-state index in [-0.39, 0.29) is 23.8 Å². The Labute approximate surface area is 122 Å². The Bertz CT molecular complexity index is 553. The summed E-state index contributed by atoms with van der Waals surface area (Å²) < 4.78 is 4.97. The summed E-state index contributed by atoms with van der Waals surface area (Å²) in [4.78, 5) is 23.0. The molecule has 0 unspecified atom stereocenters. The third-order valence-corrected chi connectivity index (χ3v) is 4.08. The van der Waals surface area contributed by atoms with Gasteiger partial charge < -0.3 is 15.8 Å². The number of hydrogen-bond donors (Lipinski definition) is 2.